The molecule has 3 aromatic rings. The number of guanidine groups is 1. The Hall–Kier alpha value is -3.95. The van der Waals surface area contributed by atoms with Crippen molar-refractivity contribution in [2.24, 2.45) is 10.7 Å². The van der Waals surface area contributed by atoms with E-state index in [2.05, 4.69) is 20.3 Å². The maximum atomic E-state index is 12.2. The molecule has 0 atom stereocenters. The van der Waals surface area contributed by atoms with Crippen molar-refractivity contribution in [2.45, 2.75) is 0 Å². The lowest BCUT2D eigenvalue weighted by Gasteiger charge is -2.09. The minimum Gasteiger partial charge on any atom is -0.408 e. The third-order valence-electron chi connectivity index (χ3n) is 3.55. The largest absolute Gasteiger partial charge is 0.417 e. The summed E-state index contributed by atoms with van der Waals surface area (Å²) in [4.78, 5) is 47.1. The summed E-state index contributed by atoms with van der Waals surface area (Å²) in [7, 11) is 3.22. The van der Waals surface area contributed by atoms with Crippen LogP contribution >= 0.6 is 0 Å². The molecule has 3 rings (SSSR count). The van der Waals surface area contributed by atoms with Crippen LogP contribution in [-0.2, 0) is 0 Å². The van der Waals surface area contributed by atoms with E-state index in [0.717, 1.165) is 0 Å². The van der Waals surface area contributed by atoms with Crippen molar-refractivity contribution >= 4 is 34.6 Å². The monoisotopic (exact) mass is 368 g/mol. The Kier molecular flexibility index (Phi) is 4.71. The van der Waals surface area contributed by atoms with E-state index in [1.807, 2.05) is 0 Å². The molecule has 0 radical (unpaired) electrons. The first-order chi connectivity index (χ1) is 12.8. The number of aromatic amines is 1. The highest BCUT2D eigenvalue weighted by molar-refractivity contribution is 6.06. The molecule has 27 heavy (non-hydrogen) atoms. The van der Waals surface area contributed by atoms with E-state index in [4.69, 9.17) is 10.2 Å². The summed E-state index contributed by atoms with van der Waals surface area (Å²) in [6.07, 6.45) is 1.28. The van der Waals surface area contributed by atoms with Gasteiger partial charge in [-0.15, -0.1) is 0 Å². The van der Waals surface area contributed by atoms with Crippen LogP contribution in [0.15, 0.2) is 50.7 Å². The number of fused-ring (bicyclic) bond motifs is 1. The number of rotatable bonds is 3. The van der Waals surface area contributed by atoms with Crippen LogP contribution in [0.4, 0.5) is 5.69 Å². The van der Waals surface area contributed by atoms with E-state index in [1.54, 1.807) is 26.2 Å². The zero-order chi connectivity index (χ0) is 19.6. The molecule has 0 spiro atoms. The maximum Gasteiger partial charge on any atom is 0.417 e. The summed E-state index contributed by atoms with van der Waals surface area (Å²) < 4.78 is 4.94. The molecule has 10 heteroatoms. The molecule has 0 bridgehead atoms. The van der Waals surface area contributed by atoms with Crippen molar-refractivity contribution in [3.05, 3.63) is 58.3 Å². The Balaban J connectivity index is 1.73. The van der Waals surface area contributed by atoms with Gasteiger partial charge in [0.15, 0.2) is 5.58 Å². The Morgan fingerprint density at radius 3 is 2.70 bits per heavy atom. The average Bonchev–Trinajstić information content (AvgIpc) is 3.00. The lowest BCUT2D eigenvalue weighted by atomic mass is 10.2. The van der Waals surface area contributed by atoms with Gasteiger partial charge >= 0.3 is 5.76 Å². The van der Waals surface area contributed by atoms with Gasteiger partial charge in [-0.1, -0.05) is 0 Å². The summed E-state index contributed by atoms with van der Waals surface area (Å²) in [5.74, 6) is -1.52. The van der Waals surface area contributed by atoms with Crippen molar-refractivity contribution in [1.82, 2.24) is 20.2 Å². The molecule has 138 valence electrons. The van der Waals surface area contributed by atoms with E-state index in [-0.39, 0.29) is 23.1 Å². The molecule has 0 fully saturated rings. The van der Waals surface area contributed by atoms with Gasteiger partial charge in [-0.25, -0.2) is 9.79 Å². The second-order valence-corrected chi connectivity index (χ2v) is 5.78. The summed E-state index contributed by atoms with van der Waals surface area (Å²) in [5, 5.41) is 2.42. The molecule has 4 N–H and O–H groups in total. The SMILES string of the molecule is CN(C)C(=O)c1ccc(C(=O)NC(N)=Nc2ccc3[nH]c(=O)oc3c2)cn1. The Labute approximate surface area is 152 Å². The van der Waals surface area contributed by atoms with Crippen LogP contribution in [-0.4, -0.2) is 46.7 Å². The Bertz CT molecular complexity index is 1090. The molecule has 2 amide bonds. The molecule has 0 saturated heterocycles. The van der Waals surface area contributed by atoms with Crippen LogP contribution in [0.5, 0.6) is 0 Å². The molecule has 0 aliphatic heterocycles. The maximum absolute atomic E-state index is 12.2. The second kappa shape index (κ2) is 7.12. The van der Waals surface area contributed by atoms with Crippen molar-refractivity contribution in [3.63, 3.8) is 0 Å². The molecular weight excluding hydrogens is 352 g/mol. The number of H-pyrrole nitrogens is 1. The average molecular weight is 368 g/mol. The van der Waals surface area contributed by atoms with Gasteiger partial charge in [0.1, 0.15) is 5.69 Å². The van der Waals surface area contributed by atoms with Crippen molar-refractivity contribution < 1.29 is 14.0 Å². The standard InChI is InChI=1S/C17H16N6O4/c1-23(2)15(25)12-5-3-9(8-19-12)14(24)22-16(18)20-10-4-6-11-13(7-10)27-17(26)21-11/h3-8H,1-2H3,(H,21,26)(H3,18,20,22,24). The van der Waals surface area contributed by atoms with Crippen LogP contribution in [0.1, 0.15) is 20.8 Å². The first kappa shape index (κ1) is 17.9. The number of nitrogens with zero attached hydrogens (tertiary/aromatic N) is 3. The highest BCUT2D eigenvalue weighted by atomic mass is 16.4. The number of benzene rings is 1. The second-order valence-electron chi connectivity index (χ2n) is 5.78. The fraction of sp³-hybridized carbons (Fsp3) is 0.118. The predicted octanol–water partition coefficient (Wildman–Crippen LogP) is 0.594. The highest BCUT2D eigenvalue weighted by Crippen LogP contribution is 2.18. The first-order valence-electron chi connectivity index (χ1n) is 7.79. The van der Waals surface area contributed by atoms with Crippen molar-refractivity contribution in [2.75, 3.05) is 14.1 Å². The molecule has 2 aromatic heterocycles. The fourth-order valence-electron chi connectivity index (χ4n) is 2.24. The molecule has 0 unspecified atom stereocenters. The van der Waals surface area contributed by atoms with Gasteiger partial charge in [-0.3, -0.25) is 24.9 Å². The molecule has 1 aromatic carbocycles. The quantitative estimate of drug-likeness (QED) is 0.455. The third kappa shape index (κ3) is 4.00. The first-order valence-corrected chi connectivity index (χ1v) is 7.79. The predicted molar refractivity (Wildman–Crippen MR) is 97.8 cm³/mol. The number of nitrogens with two attached hydrogens (primary N) is 1. The van der Waals surface area contributed by atoms with E-state index in [9.17, 15) is 14.4 Å². The van der Waals surface area contributed by atoms with Gasteiger partial charge in [0.25, 0.3) is 11.8 Å². The van der Waals surface area contributed by atoms with Gasteiger partial charge in [-0.05, 0) is 24.3 Å². The van der Waals surface area contributed by atoms with Gasteiger partial charge in [0, 0.05) is 26.4 Å². The lowest BCUT2D eigenvalue weighted by Crippen LogP contribution is -2.36. The molecule has 0 aliphatic rings. The van der Waals surface area contributed by atoms with Crippen LogP contribution in [0.3, 0.4) is 0 Å². The van der Waals surface area contributed by atoms with Crippen LogP contribution < -0.4 is 16.8 Å². The minimum absolute atomic E-state index is 0.148. The highest BCUT2D eigenvalue weighted by Gasteiger charge is 2.12. The minimum atomic E-state index is -0.573. The fourth-order valence-corrected chi connectivity index (χ4v) is 2.24. The number of aliphatic imine (C=N–C) groups is 1. The zero-order valence-corrected chi connectivity index (χ0v) is 14.5. The number of hydrogen-bond acceptors (Lipinski definition) is 6. The van der Waals surface area contributed by atoms with E-state index in [1.165, 1.54) is 29.3 Å². The summed E-state index contributed by atoms with van der Waals surface area (Å²) in [6, 6.07) is 7.64. The topological polar surface area (TPSA) is 147 Å². The van der Waals surface area contributed by atoms with Gasteiger partial charge in [0.05, 0.1) is 16.8 Å². The Morgan fingerprint density at radius 1 is 1.26 bits per heavy atom. The zero-order valence-electron chi connectivity index (χ0n) is 14.5. The molecule has 0 aliphatic carbocycles. The number of hydrogen-bond donors (Lipinski definition) is 3. The number of carbonyl (C=O) groups excluding carboxylic acids is 2. The smallest absolute Gasteiger partial charge is 0.408 e. The van der Waals surface area contributed by atoms with Crippen molar-refractivity contribution in [3.8, 4) is 0 Å². The van der Waals surface area contributed by atoms with Gasteiger partial charge < -0.3 is 15.1 Å². The van der Waals surface area contributed by atoms with E-state index < -0.39 is 11.7 Å². The summed E-state index contributed by atoms with van der Waals surface area (Å²) in [6.45, 7) is 0. The van der Waals surface area contributed by atoms with E-state index >= 15 is 0 Å². The Morgan fingerprint density at radius 2 is 2.04 bits per heavy atom. The van der Waals surface area contributed by atoms with Crippen LogP contribution in [0, 0.1) is 0 Å². The number of nitrogens with one attached hydrogen (secondary N) is 2. The van der Waals surface area contributed by atoms with Crippen molar-refractivity contribution in [1.29, 1.82) is 0 Å². The number of pyridine rings is 1. The lowest BCUT2D eigenvalue weighted by molar-refractivity contribution is 0.0821. The van der Waals surface area contributed by atoms with Gasteiger partial charge in [0.2, 0.25) is 5.96 Å². The summed E-state index contributed by atoms with van der Waals surface area (Å²) in [5.41, 5.74) is 7.44. The van der Waals surface area contributed by atoms with E-state index in [0.29, 0.717) is 16.8 Å². The molecule has 10 nitrogen and oxygen atoms in total. The number of amides is 2. The van der Waals surface area contributed by atoms with Crippen LogP contribution in [0.25, 0.3) is 11.1 Å². The third-order valence-corrected chi connectivity index (χ3v) is 3.55. The number of aromatic nitrogens is 2. The summed E-state index contributed by atoms with van der Waals surface area (Å²) >= 11 is 0. The normalized spacial score (nSPS) is 11.4. The number of carbonyl (C=O) groups is 2. The molecule has 0 saturated carbocycles. The van der Waals surface area contributed by atoms with Gasteiger partial charge in [-0.2, -0.15) is 0 Å². The molecule has 2 heterocycles. The van der Waals surface area contributed by atoms with Crippen LogP contribution in [0.2, 0.25) is 0 Å². The number of oxazole rings is 1. The molecular formula is C17H16N6O4.